The molecular formula is C5H6Cl2O5. The topological polar surface area (TPSA) is 91.7 Å². The van der Waals surface area contributed by atoms with Crippen LogP contribution >= 0.6 is 23.2 Å². The van der Waals surface area contributed by atoms with E-state index in [9.17, 15) is 9.59 Å². The summed E-state index contributed by atoms with van der Waals surface area (Å²) in [6.07, 6.45) is -0.593. The van der Waals surface area contributed by atoms with Gasteiger partial charge in [-0.2, -0.15) is 0 Å². The molecule has 0 heterocycles. The van der Waals surface area contributed by atoms with E-state index in [0.717, 1.165) is 0 Å². The van der Waals surface area contributed by atoms with Crippen LogP contribution in [0.5, 0.6) is 0 Å². The summed E-state index contributed by atoms with van der Waals surface area (Å²) in [5.41, 5.74) is 0. The predicted molar refractivity (Wildman–Crippen MR) is 41.6 cm³/mol. The standard InChI is InChI=1S/C4H6O4.CCl2O/c5-3(6)1-2-4(7)8;2-1(3)4/h1-2H2,(H,5,6)(H,7,8);. The fourth-order valence-corrected chi connectivity index (χ4v) is 0.214. The number of carboxylic acids is 2. The van der Waals surface area contributed by atoms with Gasteiger partial charge in [0, 0.05) is 0 Å². The van der Waals surface area contributed by atoms with E-state index in [1.807, 2.05) is 0 Å². The Morgan fingerprint density at radius 3 is 1.17 bits per heavy atom. The van der Waals surface area contributed by atoms with Crippen LogP contribution in [0, 0.1) is 0 Å². The lowest BCUT2D eigenvalue weighted by atomic mass is 10.3. The van der Waals surface area contributed by atoms with Crippen LogP contribution in [0.25, 0.3) is 0 Å². The Morgan fingerprint density at radius 1 is 0.917 bits per heavy atom. The van der Waals surface area contributed by atoms with Gasteiger partial charge in [-0.15, -0.1) is 0 Å². The number of carbonyl (C=O) groups excluding carboxylic acids is 1. The molecule has 0 rings (SSSR count). The summed E-state index contributed by atoms with van der Waals surface area (Å²) in [5.74, 6) is -2.15. The third-order valence-electron chi connectivity index (χ3n) is 0.553. The molecule has 0 aliphatic rings. The first-order valence-electron chi connectivity index (χ1n) is 2.64. The zero-order valence-electron chi connectivity index (χ0n) is 5.79. The van der Waals surface area contributed by atoms with Crippen molar-refractivity contribution in [1.29, 1.82) is 0 Å². The molecule has 7 heteroatoms. The van der Waals surface area contributed by atoms with Crippen LogP contribution in [-0.2, 0) is 9.59 Å². The molecule has 5 nitrogen and oxygen atoms in total. The summed E-state index contributed by atoms with van der Waals surface area (Å²) >= 11 is 8.80. The summed E-state index contributed by atoms with van der Waals surface area (Å²) in [6, 6.07) is 0. The molecule has 0 aromatic carbocycles. The van der Waals surface area contributed by atoms with Gasteiger partial charge in [-0.3, -0.25) is 14.4 Å². The Kier molecular flexibility index (Phi) is 9.50. The van der Waals surface area contributed by atoms with Gasteiger partial charge in [0.1, 0.15) is 0 Å². The van der Waals surface area contributed by atoms with Crippen LogP contribution < -0.4 is 0 Å². The molecule has 0 aromatic heterocycles. The van der Waals surface area contributed by atoms with Gasteiger partial charge in [-0.05, 0) is 23.2 Å². The van der Waals surface area contributed by atoms with E-state index in [-0.39, 0.29) is 12.8 Å². The lowest BCUT2D eigenvalue weighted by molar-refractivity contribution is -0.143. The second-order valence-corrected chi connectivity index (χ2v) is 2.39. The summed E-state index contributed by atoms with van der Waals surface area (Å²) < 4.78 is -0.889. The predicted octanol–water partition coefficient (Wildman–Crippen LogP) is 1.52. The molecular weight excluding hydrogens is 211 g/mol. The highest BCUT2D eigenvalue weighted by Crippen LogP contribution is 1.86. The Bertz CT molecular complexity index is 161. The van der Waals surface area contributed by atoms with Crippen molar-refractivity contribution < 1.29 is 24.6 Å². The second kappa shape index (κ2) is 8.29. The molecule has 0 fully saturated rings. The number of halogens is 2. The molecule has 0 saturated heterocycles. The van der Waals surface area contributed by atoms with Gasteiger partial charge in [0.15, 0.2) is 0 Å². The zero-order valence-corrected chi connectivity index (χ0v) is 7.30. The highest BCUT2D eigenvalue weighted by molar-refractivity contribution is 6.93. The van der Waals surface area contributed by atoms with Crippen molar-refractivity contribution in [2.75, 3.05) is 0 Å². The Balaban J connectivity index is 0. The molecule has 0 saturated carbocycles. The molecule has 0 aliphatic heterocycles. The number of carbonyl (C=O) groups is 3. The quantitative estimate of drug-likeness (QED) is 0.699. The van der Waals surface area contributed by atoms with Crippen molar-refractivity contribution in [3.63, 3.8) is 0 Å². The number of hydrogen-bond donors (Lipinski definition) is 2. The van der Waals surface area contributed by atoms with Crippen molar-refractivity contribution in [2.24, 2.45) is 0 Å². The summed E-state index contributed by atoms with van der Waals surface area (Å²) in [7, 11) is 0. The van der Waals surface area contributed by atoms with E-state index in [1.165, 1.54) is 0 Å². The number of rotatable bonds is 3. The van der Waals surface area contributed by atoms with Gasteiger partial charge >= 0.3 is 16.6 Å². The highest BCUT2D eigenvalue weighted by Gasteiger charge is 2.00. The maximum atomic E-state index is 9.64. The largest absolute Gasteiger partial charge is 0.481 e. The minimum Gasteiger partial charge on any atom is -0.481 e. The second-order valence-electron chi connectivity index (χ2n) is 1.51. The fraction of sp³-hybridized carbons (Fsp3) is 0.400. The van der Waals surface area contributed by atoms with Crippen LogP contribution in [0.15, 0.2) is 0 Å². The first kappa shape index (κ1) is 13.8. The lowest BCUT2D eigenvalue weighted by Gasteiger charge is -1.85. The molecule has 0 aromatic rings. The van der Waals surface area contributed by atoms with Crippen molar-refractivity contribution in [1.82, 2.24) is 0 Å². The van der Waals surface area contributed by atoms with E-state index in [0.29, 0.717) is 0 Å². The average Bonchev–Trinajstić information content (AvgIpc) is 1.82. The summed E-state index contributed by atoms with van der Waals surface area (Å²) in [4.78, 5) is 28.3. The van der Waals surface area contributed by atoms with Gasteiger partial charge in [0.05, 0.1) is 12.8 Å². The van der Waals surface area contributed by atoms with E-state index < -0.39 is 16.6 Å². The fourth-order valence-electron chi connectivity index (χ4n) is 0.214. The first-order valence-corrected chi connectivity index (χ1v) is 3.40. The molecule has 0 amide bonds. The monoisotopic (exact) mass is 216 g/mol. The van der Waals surface area contributed by atoms with E-state index in [4.69, 9.17) is 15.0 Å². The maximum absolute atomic E-state index is 9.64. The van der Waals surface area contributed by atoms with Crippen LogP contribution in [-0.4, -0.2) is 26.9 Å². The van der Waals surface area contributed by atoms with E-state index in [2.05, 4.69) is 23.2 Å². The first-order chi connectivity index (χ1) is 5.36. The minimum absolute atomic E-state index is 0.296. The third-order valence-corrected chi connectivity index (χ3v) is 0.553. The van der Waals surface area contributed by atoms with Crippen LogP contribution in [0.4, 0.5) is 4.79 Å². The molecule has 70 valence electrons. The molecule has 0 bridgehead atoms. The zero-order chi connectivity index (χ0) is 10.1. The van der Waals surface area contributed by atoms with Gasteiger partial charge in [-0.1, -0.05) is 0 Å². The maximum Gasteiger partial charge on any atom is 0.313 e. The molecule has 0 spiro atoms. The minimum atomic E-state index is -1.08. The lowest BCUT2D eigenvalue weighted by Crippen LogP contribution is -2.00. The Hall–Kier alpha value is -0.810. The van der Waals surface area contributed by atoms with Crippen LogP contribution in [0.3, 0.4) is 0 Å². The molecule has 2 N–H and O–H groups in total. The number of aliphatic carboxylic acids is 2. The SMILES string of the molecule is O=C(Cl)Cl.O=C(O)CCC(=O)O. The number of carboxylic acid groups (broad SMARTS) is 2. The molecule has 0 radical (unpaired) electrons. The molecule has 12 heavy (non-hydrogen) atoms. The molecule has 0 aliphatic carbocycles. The third kappa shape index (κ3) is 35.1. The van der Waals surface area contributed by atoms with Gasteiger partial charge < -0.3 is 10.2 Å². The average molecular weight is 217 g/mol. The van der Waals surface area contributed by atoms with Crippen molar-refractivity contribution in [2.45, 2.75) is 12.8 Å². The summed E-state index contributed by atoms with van der Waals surface area (Å²) in [5, 5.41) is 15.8. The molecule has 0 atom stereocenters. The smallest absolute Gasteiger partial charge is 0.313 e. The number of hydrogen-bond acceptors (Lipinski definition) is 3. The van der Waals surface area contributed by atoms with Crippen molar-refractivity contribution in [3.8, 4) is 0 Å². The van der Waals surface area contributed by atoms with Gasteiger partial charge in [-0.25, -0.2) is 0 Å². The van der Waals surface area contributed by atoms with Gasteiger partial charge in [0.2, 0.25) is 0 Å². The molecule has 0 unspecified atom stereocenters. The Labute approximate surface area is 77.9 Å². The normalized spacial score (nSPS) is 7.83. The highest BCUT2D eigenvalue weighted by atomic mass is 35.5. The van der Waals surface area contributed by atoms with Crippen molar-refractivity contribution in [3.05, 3.63) is 0 Å². The van der Waals surface area contributed by atoms with Gasteiger partial charge in [0.25, 0.3) is 0 Å². The Morgan fingerprint density at radius 2 is 1.08 bits per heavy atom. The van der Waals surface area contributed by atoms with Crippen LogP contribution in [0.2, 0.25) is 0 Å². The van der Waals surface area contributed by atoms with Crippen LogP contribution in [0.1, 0.15) is 12.8 Å². The van der Waals surface area contributed by atoms with E-state index in [1.54, 1.807) is 0 Å². The van der Waals surface area contributed by atoms with E-state index >= 15 is 0 Å². The van der Waals surface area contributed by atoms with Crippen molar-refractivity contribution >= 4 is 39.8 Å². The summed E-state index contributed by atoms with van der Waals surface area (Å²) in [6.45, 7) is 0.